The Kier molecular flexibility index (Phi) is 7.63. The fourth-order valence-corrected chi connectivity index (χ4v) is 3.12. The van der Waals surface area contributed by atoms with Gasteiger partial charge in [0.1, 0.15) is 11.5 Å². The minimum absolute atomic E-state index is 0. The van der Waals surface area contributed by atoms with Crippen molar-refractivity contribution >= 4 is 12.4 Å². The van der Waals surface area contributed by atoms with Crippen molar-refractivity contribution in [3.63, 3.8) is 0 Å². The van der Waals surface area contributed by atoms with Gasteiger partial charge in [-0.05, 0) is 30.9 Å². The summed E-state index contributed by atoms with van der Waals surface area (Å²) in [6.45, 7) is 0. The Bertz CT molecular complexity index is 522. The van der Waals surface area contributed by atoms with E-state index >= 15 is 0 Å². The van der Waals surface area contributed by atoms with E-state index in [-0.39, 0.29) is 29.8 Å². The standard InChI is InChI=1S/C16H22F3NO3.ClH/c1-22-13-9-11(23-16(17,18)19)7-8-12(13)14(20)15(21)10-5-3-2-4-6-10;/h7-10,14-15,21H,2-6,20H2,1H3;1H/t14-,15+;/m0./s1. The summed E-state index contributed by atoms with van der Waals surface area (Å²) < 4.78 is 45.8. The second-order valence-corrected chi connectivity index (χ2v) is 5.87. The molecule has 1 aliphatic carbocycles. The second kappa shape index (κ2) is 8.78. The van der Waals surface area contributed by atoms with Crippen LogP contribution >= 0.6 is 12.4 Å². The largest absolute Gasteiger partial charge is 0.573 e. The van der Waals surface area contributed by atoms with Crippen LogP contribution in [-0.2, 0) is 0 Å². The molecule has 0 saturated heterocycles. The molecule has 0 bridgehead atoms. The maximum Gasteiger partial charge on any atom is 0.573 e. The van der Waals surface area contributed by atoms with E-state index in [0.717, 1.165) is 38.2 Å². The van der Waals surface area contributed by atoms with Crippen molar-refractivity contribution in [1.29, 1.82) is 0 Å². The number of aliphatic hydroxyl groups is 1. The number of methoxy groups -OCH3 is 1. The molecule has 2 rings (SSSR count). The number of ether oxygens (including phenoxy) is 2. The molecule has 0 aromatic heterocycles. The van der Waals surface area contributed by atoms with Crippen molar-refractivity contribution in [2.75, 3.05) is 7.11 Å². The van der Waals surface area contributed by atoms with Crippen molar-refractivity contribution < 1.29 is 27.8 Å². The van der Waals surface area contributed by atoms with Gasteiger partial charge in [0.05, 0.1) is 19.3 Å². The van der Waals surface area contributed by atoms with E-state index < -0.39 is 18.5 Å². The predicted octanol–water partition coefficient (Wildman–Crippen LogP) is 3.96. The Balaban J connectivity index is 0.00000288. The average Bonchev–Trinajstić information content (AvgIpc) is 2.52. The summed E-state index contributed by atoms with van der Waals surface area (Å²) in [6, 6.07) is 3.01. The van der Waals surface area contributed by atoms with Gasteiger partial charge in [-0.3, -0.25) is 0 Å². The quantitative estimate of drug-likeness (QED) is 0.824. The zero-order valence-corrected chi connectivity index (χ0v) is 14.2. The van der Waals surface area contributed by atoms with Crippen LogP contribution in [0.5, 0.6) is 11.5 Å². The topological polar surface area (TPSA) is 64.7 Å². The van der Waals surface area contributed by atoms with Gasteiger partial charge >= 0.3 is 6.36 Å². The van der Waals surface area contributed by atoms with Gasteiger partial charge in [0.2, 0.25) is 0 Å². The maximum absolute atomic E-state index is 12.3. The molecule has 24 heavy (non-hydrogen) atoms. The number of benzene rings is 1. The molecule has 1 aromatic carbocycles. The van der Waals surface area contributed by atoms with Gasteiger partial charge in [-0.25, -0.2) is 0 Å². The molecular weight excluding hydrogens is 347 g/mol. The van der Waals surface area contributed by atoms with E-state index in [1.807, 2.05) is 0 Å². The second-order valence-electron chi connectivity index (χ2n) is 5.87. The number of alkyl halides is 3. The molecule has 1 fully saturated rings. The summed E-state index contributed by atoms with van der Waals surface area (Å²) in [6.07, 6.45) is -0.424. The Morgan fingerprint density at radius 1 is 1.21 bits per heavy atom. The van der Waals surface area contributed by atoms with Crippen molar-refractivity contribution in [2.45, 2.75) is 50.6 Å². The summed E-state index contributed by atoms with van der Waals surface area (Å²) in [7, 11) is 1.34. The molecule has 1 aromatic rings. The van der Waals surface area contributed by atoms with Crippen LogP contribution in [0.15, 0.2) is 18.2 Å². The lowest BCUT2D eigenvalue weighted by atomic mass is 9.81. The molecule has 0 radical (unpaired) electrons. The van der Waals surface area contributed by atoms with Gasteiger partial charge in [0.15, 0.2) is 0 Å². The Morgan fingerprint density at radius 3 is 2.38 bits per heavy atom. The van der Waals surface area contributed by atoms with E-state index in [0.29, 0.717) is 5.56 Å². The molecule has 0 amide bonds. The SMILES string of the molecule is COc1cc(OC(F)(F)F)ccc1[C@H](N)[C@H](O)C1CCCCC1.Cl. The first-order valence-corrected chi connectivity index (χ1v) is 7.69. The van der Waals surface area contributed by atoms with Gasteiger partial charge < -0.3 is 20.3 Å². The molecule has 0 heterocycles. The van der Waals surface area contributed by atoms with E-state index in [4.69, 9.17) is 10.5 Å². The highest BCUT2D eigenvalue weighted by molar-refractivity contribution is 5.85. The third-order valence-corrected chi connectivity index (χ3v) is 4.30. The van der Waals surface area contributed by atoms with E-state index in [2.05, 4.69) is 4.74 Å². The smallest absolute Gasteiger partial charge is 0.496 e. The molecule has 3 N–H and O–H groups in total. The molecule has 1 saturated carbocycles. The first-order valence-electron chi connectivity index (χ1n) is 7.69. The molecule has 2 atom stereocenters. The van der Waals surface area contributed by atoms with Gasteiger partial charge in [-0.2, -0.15) is 0 Å². The summed E-state index contributed by atoms with van der Waals surface area (Å²) in [5, 5.41) is 10.5. The van der Waals surface area contributed by atoms with Crippen molar-refractivity contribution in [3.05, 3.63) is 23.8 Å². The molecule has 1 aliphatic rings. The minimum atomic E-state index is -4.77. The molecule has 0 aliphatic heterocycles. The van der Waals surface area contributed by atoms with Crippen LogP contribution in [0.25, 0.3) is 0 Å². The lowest BCUT2D eigenvalue weighted by Crippen LogP contribution is -2.34. The lowest BCUT2D eigenvalue weighted by molar-refractivity contribution is -0.274. The number of aliphatic hydroxyl groups excluding tert-OH is 1. The van der Waals surface area contributed by atoms with Crippen LogP contribution in [0.4, 0.5) is 13.2 Å². The van der Waals surface area contributed by atoms with Gasteiger partial charge in [-0.1, -0.05) is 19.3 Å². The third-order valence-electron chi connectivity index (χ3n) is 4.30. The predicted molar refractivity (Wildman–Crippen MR) is 86.4 cm³/mol. The normalized spacial score (nSPS) is 18.4. The molecule has 4 nitrogen and oxygen atoms in total. The summed E-state index contributed by atoms with van der Waals surface area (Å²) >= 11 is 0. The van der Waals surface area contributed by atoms with E-state index in [1.54, 1.807) is 0 Å². The Hall–Kier alpha value is -1.18. The number of nitrogens with two attached hydrogens (primary N) is 1. The lowest BCUT2D eigenvalue weighted by Gasteiger charge is -2.31. The number of hydrogen-bond acceptors (Lipinski definition) is 4. The fourth-order valence-electron chi connectivity index (χ4n) is 3.12. The fraction of sp³-hybridized carbons (Fsp3) is 0.625. The molecule has 0 spiro atoms. The van der Waals surface area contributed by atoms with Crippen LogP contribution < -0.4 is 15.2 Å². The van der Waals surface area contributed by atoms with Crippen molar-refractivity contribution in [1.82, 2.24) is 0 Å². The minimum Gasteiger partial charge on any atom is -0.496 e. The first kappa shape index (κ1) is 20.9. The highest BCUT2D eigenvalue weighted by Crippen LogP contribution is 2.36. The highest BCUT2D eigenvalue weighted by atomic mass is 35.5. The van der Waals surface area contributed by atoms with Crippen LogP contribution in [0.2, 0.25) is 0 Å². The Morgan fingerprint density at radius 2 is 1.83 bits per heavy atom. The molecule has 0 unspecified atom stereocenters. The maximum atomic E-state index is 12.3. The summed E-state index contributed by atoms with van der Waals surface area (Å²) in [5.41, 5.74) is 6.60. The summed E-state index contributed by atoms with van der Waals surface area (Å²) in [4.78, 5) is 0. The highest BCUT2D eigenvalue weighted by Gasteiger charge is 2.32. The zero-order valence-electron chi connectivity index (χ0n) is 13.4. The molecule has 8 heteroatoms. The molecular formula is C16H23ClF3NO3. The number of halogens is 4. The third kappa shape index (κ3) is 5.43. The van der Waals surface area contributed by atoms with Crippen LogP contribution in [0.1, 0.15) is 43.7 Å². The first-order chi connectivity index (χ1) is 10.8. The van der Waals surface area contributed by atoms with Crippen LogP contribution in [0, 0.1) is 5.92 Å². The van der Waals surface area contributed by atoms with E-state index in [9.17, 15) is 18.3 Å². The van der Waals surface area contributed by atoms with Crippen LogP contribution in [-0.4, -0.2) is 24.7 Å². The van der Waals surface area contributed by atoms with Gasteiger partial charge in [0, 0.05) is 11.6 Å². The van der Waals surface area contributed by atoms with Gasteiger partial charge in [-0.15, -0.1) is 25.6 Å². The average molecular weight is 370 g/mol. The monoisotopic (exact) mass is 369 g/mol. The Labute approximate surface area is 145 Å². The zero-order chi connectivity index (χ0) is 17.0. The van der Waals surface area contributed by atoms with Crippen molar-refractivity contribution in [2.24, 2.45) is 11.7 Å². The van der Waals surface area contributed by atoms with Crippen LogP contribution in [0.3, 0.4) is 0 Å². The molecule has 138 valence electrons. The number of rotatable bonds is 5. The van der Waals surface area contributed by atoms with Crippen molar-refractivity contribution in [3.8, 4) is 11.5 Å². The summed E-state index contributed by atoms with van der Waals surface area (Å²) in [5.74, 6) is -0.0962. The number of hydrogen-bond donors (Lipinski definition) is 2. The van der Waals surface area contributed by atoms with E-state index in [1.165, 1.54) is 19.2 Å². The van der Waals surface area contributed by atoms with Gasteiger partial charge in [0.25, 0.3) is 0 Å².